The van der Waals surface area contributed by atoms with Crippen LogP contribution >= 0.6 is 0 Å². The summed E-state index contributed by atoms with van der Waals surface area (Å²) in [5, 5.41) is 0. The lowest BCUT2D eigenvalue weighted by atomic mass is 10.2. The van der Waals surface area contributed by atoms with Crippen molar-refractivity contribution in [3.63, 3.8) is 0 Å². The summed E-state index contributed by atoms with van der Waals surface area (Å²) in [6, 6.07) is 3.89. The third kappa shape index (κ3) is 6.79. The molecular weight excluding hydrogens is 210 g/mol. The van der Waals surface area contributed by atoms with Gasteiger partial charge in [-0.15, -0.1) is 0 Å². The second kappa shape index (κ2) is 7.99. The Morgan fingerprint density at radius 1 is 1.12 bits per heavy atom. The number of aromatic nitrogens is 1. The predicted octanol–water partition coefficient (Wildman–Crippen LogP) is 3.35. The predicted molar refractivity (Wildman–Crippen MR) is 71.4 cm³/mol. The number of hydrogen-bond donors (Lipinski definition) is 0. The van der Waals surface area contributed by atoms with Crippen molar-refractivity contribution < 1.29 is 4.79 Å². The summed E-state index contributed by atoms with van der Waals surface area (Å²) in [5.74, 6) is 0.0510. The largest absolute Gasteiger partial charge is 0.295 e. The number of rotatable bonds is 5. The summed E-state index contributed by atoms with van der Waals surface area (Å²) in [6.45, 7) is 1.52. The smallest absolute Gasteiger partial charge is 0.152 e. The minimum Gasteiger partial charge on any atom is -0.295 e. The molecule has 0 aliphatic heterocycles. The Morgan fingerprint density at radius 3 is 2.47 bits per heavy atom. The highest BCUT2D eigenvalue weighted by atomic mass is 16.1. The third-order valence-corrected chi connectivity index (χ3v) is 1.86. The van der Waals surface area contributed by atoms with Crippen LogP contribution in [0.4, 0.5) is 0 Å². The van der Waals surface area contributed by atoms with E-state index in [1.165, 1.54) is 13.0 Å². The van der Waals surface area contributed by atoms with Crippen molar-refractivity contribution in [2.75, 3.05) is 0 Å². The zero-order chi connectivity index (χ0) is 12.3. The highest BCUT2D eigenvalue weighted by Crippen LogP contribution is 1.98. The van der Waals surface area contributed by atoms with Crippen LogP contribution in [0.2, 0.25) is 0 Å². The van der Waals surface area contributed by atoms with Gasteiger partial charge in [0.05, 0.1) is 0 Å². The summed E-state index contributed by atoms with van der Waals surface area (Å²) >= 11 is 0. The molecule has 0 radical (unpaired) electrons. The number of nitrogens with zero attached hydrogens (tertiary/aromatic N) is 1. The number of carbonyl (C=O) groups excluding carboxylic acids is 1. The van der Waals surface area contributed by atoms with Crippen LogP contribution in [0.3, 0.4) is 0 Å². The molecule has 1 rings (SSSR count). The molecule has 17 heavy (non-hydrogen) atoms. The molecule has 0 N–H and O–H groups in total. The maximum Gasteiger partial charge on any atom is 0.152 e. The fourth-order valence-electron chi connectivity index (χ4n) is 1.09. The summed E-state index contributed by atoms with van der Waals surface area (Å²) in [6.07, 6.45) is 18.2. The van der Waals surface area contributed by atoms with Gasteiger partial charge in [-0.05, 0) is 24.6 Å². The molecule has 0 unspecified atom stereocenters. The maximum atomic E-state index is 10.6. The Hall–Kier alpha value is -2.22. The van der Waals surface area contributed by atoms with E-state index in [-0.39, 0.29) is 5.78 Å². The van der Waals surface area contributed by atoms with Crippen LogP contribution in [-0.2, 0) is 4.79 Å². The first-order valence-corrected chi connectivity index (χ1v) is 5.38. The van der Waals surface area contributed by atoms with E-state index >= 15 is 0 Å². The summed E-state index contributed by atoms with van der Waals surface area (Å²) in [7, 11) is 0. The first kappa shape index (κ1) is 12.8. The highest BCUT2D eigenvalue weighted by Gasteiger charge is 1.80. The molecule has 0 saturated carbocycles. The monoisotopic (exact) mass is 225 g/mol. The van der Waals surface area contributed by atoms with E-state index in [4.69, 9.17) is 0 Å². The van der Waals surface area contributed by atoms with Crippen LogP contribution in [0.25, 0.3) is 6.08 Å². The molecule has 86 valence electrons. The molecule has 1 aromatic rings. The Bertz CT molecular complexity index is 453. The molecular formula is C15H15NO. The summed E-state index contributed by atoms with van der Waals surface area (Å²) < 4.78 is 0. The average molecular weight is 225 g/mol. The lowest BCUT2D eigenvalue weighted by Gasteiger charge is -1.87. The molecule has 2 nitrogen and oxygen atoms in total. The zero-order valence-electron chi connectivity index (χ0n) is 9.78. The lowest BCUT2D eigenvalue weighted by Crippen LogP contribution is -1.77. The Labute approximate surface area is 102 Å². The number of ketones is 1. The van der Waals surface area contributed by atoms with E-state index < -0.39 is 0 Å². The van der Waals surface area contributed by atoms with Gasteiger partial charge in [0.2, 0.25) is 0 Å². The van der Waals surface area contributed by atoms with Crippen LogP contribution in [0, 0.1) is 0 Å². The highest BCUT2D eigenvalue weighted by molar-refractivity contribution is 5.87. The minimum absolute atomic E-state index is 0.0510. The molecule has 0 fully saturated rings. The van der Waals surface area contributed by atoms with Crippen LogP contribution in [0.1, 0.15) is 12.5 Å². The summed E-state index contributed by atoms with van der Waals surface area (Å²) in [4.78, 5) is 14.6. The van der Waals surface area contributed by atoms with Crippen molar-refractivity contribution in [2.45, 2.75) is 6.92 Å². The molecule has 1 heterocycles. The van der Waals surface area contributed by atoms with Crippen molar-refractivity contribution in [3.8, 4) is 0 Å². The number of hydrogen-bond acceptors (Lipinski definition) is 2. The average Bonchev–Trinajstić information content (AvgIpc) is 2.33. The molecule has 0 atom stereocenters. The Kier molecular flexibility index (Phi) is 6.04. The van der Waals surface area contributed by atoms with Gasteiger partial charge in [0.25, 0.3) is 0 Å². The van der Waals surface area contributed by atoms with Gasteiger partial charge >= 0.3 is 0 Å². The van der Waals surface area contributed by atoms with E-state index in [1.54, 1.807) is 18.5 Å². The van der Waals surface area contributed by atoms with E-state index in [9.17, 15) is 4.79 Å². The zero-order valence-corrected chi connectivity index (χ0v) is 9.78. The topological polar surface area (TPSA) is 30.0 Å². The standard InChI is InChI=1S/C15H15NO/c1-14(17)9-6-4-2-3-5-7-10-15-11-8-12-16-13-15/h2-13H,1H3. The fraction of sp³-hybridized carbons (Fsp3) is 0.0667. The van der Waals surface area contributed by atoms with Crippen LogP contribution in [0.15, 0.2) is 67.1 Å². The van der Waals surface area contributed by atoms with Gasteiger partial charge in [-0.2, -0.15) is 0 Å². The summed E-state index contributed by atoms with van der Waals surface area (Å²) in [5.41, 5.74) is 1.07. The molecule has 0 amide bonds. The van der Waals surface area contributed by atoms with Crippen molar-refractivity contribution in [1.29, 1.82) is 0 Å². The molecule has 0 aromatic carbocycles. The van der Waals surface area contributed by atoms with E-state index in [0.29, 0.717) is 0 Å². The van der Waals surface area contributed by atoms with Crippen LogP contribution in [0.5, 0.6) is 0 Å². The first-order chi connectivity index (χ1) is 8.29. The molecule has 0 aliphatic rings. The SMILES string of the molecule is CC(=O)C=CC=CC=CC=Cc1cccnc1. The van der Waals surface area contributed by atoms with Crippen molar-refractivity contribution >= 4 is 11.9 Å². The van der Waals surface area contributed by atoms with Gasteiger partial charge in [0.1, 0.15) is 0 Å². The molecule has 0 saturated heterocycles. The van der Waals surface area contributed by atoms with E-state index in [2.05, 4.69) is 4.98 Å². The second-order valence-corrected chi connectivity index (χ2v) is 3.39. The van der Waals surface area contributed by atoms with Crippen LogP contribution in [-0.4, -0.2) is 10.8 Å². The molecule has 0 spiro atoms. The van der Waals surface area contributed by atoms with Crippen molar-refractivity contribution in [3.05, 3.63) is 72.6 Å². The second-order valence-electron chi connectivity index (χ2n) is 3.39. The molecule has 1 aromatic heterocycles. The van der Waals surface area contributed by atoms with E-state index in [0.717, 1.165) is 5.56 Å². The third-order valence-electron chi connectivity index (χ3n) is 1.86. The van der Waals surface area contributed by atoms with Gasteiger partial charge in [-0.25, -0.2) is 0 Å². The Morgan fingerprint density at radius 2 is 1.82 bits per heavy atom. The Balaban J connectivity index is 2.36. The fourth-order valence-corrected chi connectivity index (χ4v) is 1.09. The van der Waals surface area contributed by atoms with E-state index in [1.807, 2.05) is 48.6 Å². The van der Waals surface area contributed by atoms with Gasteiger partial charge in [-0.3, -0.25) is 9.78 Å². The maximum absolute atomic E-state index is 10.6. The van der Waals surface area contributed by atoms with Crippen molar-refractivity contribution in [1.82, 2.24) is 4.98 Å². The molecule has 0 bridgehead atoms. The first-order valence-electron chi connectivity index (χ1n) is 5.38. The van der Waals surface area contributed by atoms with Gasteiger partial charge in [0.15, 0.2) is 5.78 Å². The van der Waals surface area contributed by atoms with Crippen LogP contribution < -0.4 is 0 Å². The number of pyridine rings is 1. The lowest BCUT2D eigenvalue weighted by molar-refractivity contribution is -0.112. The number of carbonyl (C=O) groups is 1. The van der Waals surface area contributed by atoms with Gasteiger partial charge in [-0.1, -0.05) is 48.6 Å². The molecule has 0 aliphatic carbocycles. The van der Waals surface area contributed by atoms with Crippen molar-refractivity contribution in [2.24, 2.45) is 0 Å². The van der Waals surface area contributed by atoms with Gasteiger partial charge < -0.3 is 0 Å². The number of allylic oxidation sites excluding steroid dienone is 7. The normalized spacial score (nSPS) is 12.3. The quantitative estimate of drug-likeness (QED) is 0.568. The van der Waals surface area contributed by atoms with Gasteiger partial charge in [0, 0.05) is 12.4 Å². The molecule has 2 heteroatoms. The minimum atomic E-state index is 0.0510.